The second kappa shape index (κ2) is 6.40. The Morgan fingerprint density at radius 2 is 1.72 bits per heavy atom. The van der Waals surface area contributed by atoms with E-state index in [1.54, 1.807) is 0 Å². The fraction of sp³-hybridized carbons (Fsp3) is 0.600. The number of ether oxygens (including phenoxy) is 1. The van der Waals surface area contributed by atoms with Gasteiger partial charge in [-0.1, -0.05) is 11.6 Å². The van der Waals surface area contributed by atoms with Crippen LogP contribution in [-0.2, 0) is 14.3 Å². The van der Waals surface area contributed by atoms with Crippen LogP contribution in [0.5, 0.6) is 0 Å². The van der Waals surface area contributed by atoms with Crippen molar-refractivity contribution < 1.29 is 14.3 Å². The van der Waals surface area contributed by atoms with Gasteiger partial charge in [-0.25, -0.2) is 0 Å². The zero-order chi connectivity index (χ0) is 18.4. The van der Waals surface area contributed by atoms with Crippen molar-refractivity contribution in [1.29, 1.82) is 0 Å². The van der Waals surface area contributed by atoms with Crippen molar-refractivity contribution in [2.45, 2.75) is 70.4 Å². The smallest absolute Gasteiger partial charge is 0.235 e. The van der Waals surface area contributed by atoms with Crippen molar-refractivity contribution in [3.8, 4) is 0 Å². The van der Waals surface area contributed by atoms with E-state index >= 15 is 0 Å². The molecule has 1 N–H and O–H groups in total. The molecule has 1 saturated carbocycles. The molecule has 1 saturated heterocycles. The molecular weight excluding hydrogens is 338 g/mol. The lowest BCUT2D eigenvalue weighted by molar-refractivity contribution is -0.128. The third-order valence-electron chi connectivity index (χ3n) is 5.86. The molecule has 0 bridgehead atoms. The van der Waals surface area contributed by atoms with Gasteiger partial charge in [-0.3, -0.25) is 9.59 Å². The average molecular weight is 364 g/mol. The van der Waals surface area contributed by atoms with E-state index in [4.69, 9.17) is 16.3 Å². The number of Topliss-reactive ketones (excluding diaryl/α,β-unsaturated/α-hetero) is 1. The van der Waals surface area contributed by atoms with Gasteiger partial charge in [0.2, 0.25) is 5.91 Å². The number of nitrogens with one attached hydrogen (secondary N) is 1. The summed E-state index contributed by atoms with van der Waals surface area (Å²) in [4.78, 5) is 26.0. The molecule has 1 aliphatic carbocycles. The van der Waals surface area contributed by atoms with Crippen LogP contribution in [0.2, 0.25) is 5.02 Å². The number of ketones is 1. The van der Waals surface area contributed by atoms with E-state index in [-0.39, 0.29) is 17.3 Å². The molecule has 2 aliphatic rings. The summed E-state index contributed by atoms with van der Waals surface area (Å²) in [5.41, 5.74) is 1.66. The molecule has 1 aliphatic heterocycles. The van der Waals surface area contributed by atoms with Crippen molar-refractivity contribution in [3.63, 3.8) is 0 Å². The summed E-state index contributed by atoms with van der Waals surface area (Å²) in [5, 5.41) is 3.67. The second-order valence-corrected chi connectivity index (χ2v) is 8.14. The van der Waals surface area contributed by atoms with Crippen LogP contribution in [0.15, 0.2) is 12.1 Å². The molecule has 136 valence electrons. The highest BCUT2D eigenvalue weighted by Gasteiger charge is 2.56. The Morgan fingerprint density at radius 1 is 1.16 bits per heavy atom. The van der Waals surface area contributed by atoms with E-state index < -0.39 is 11.5 Å². The Kier molecular flexibility index (Phi) is 4.71. The Balaban J connectivity index is 1.90. The lowest BCUT2D eigenvalue weighted by atomic mass is 9.71. The number of hydrogen-bond acceptors (Lipinski definition) is 3. The van der Waals surface area contributed by atoms with E-state index in [2.05, 4.69) is 12.2 Å². The third kappa shape index (κ3) is 3.11. The predicted octanol–water partition coefficient (Wildman–Crippen LogP) is 3.85. The van der Waals surface area contributed by atoms with Crippen molar-refractivity contribution in [2.75, 3.05) is 6.61 Å². The number of benzene rings is 1. The molecule has 1 atom stereocenters. The van der Waals surface area contributed by atoms with Crippen LogP contribution in [-0.4, -0.2) is 29.4 Å². The number of halogens is 1. The van der Waals surface area contributed by atoms with E-state index in [1.807, 2.05) is 32.9 Å². The van der Waals surface area contributed by atoms with E-state index in [0.29, 0.717) is 24.5 Å². The van der Waals surface area contributed by atoms with E-state index in [1.165, 1.54) is 0 Å². The zero-order valence-electron chi connectivity index (χ0n) is 15.4. The Morgan fingerprint density at radius 3 is 2.24 bits per heavy atom. The van der Waals surface area contributed by atoms with Gasteiger partial charge in [-0.15, -0.1) is 0 Å². The minimum Gasteiger partial charge on any atom is -0.376 e. The summed E-state index contributed by atoms with van der Waals surface area (Å²) in [5.74, 6) is -0.906. The molecule has 5 heteroatoms. The van der Waals surface area contributed by atoms with E-state index in [9.17, 15) is 9.59 Å². The molecule has 4 nitrogen and oxygen atoms in total. The maximum Gasteiger partial charge on any atom is 0.235 e. The normalized spacial score (nSPS) is 32.3. The molecule has 1 heterocycles. The summed E-state index contributed by atoms with van der Waals surface area (Å²) >= 11 is 6.11. The first-order valence-electron chi connectivity index (χ1n) is 8.98. The number of amides is 1. The van der Waals surface area contributed by atoms with Crippen LogP contribution in [0.25, 0.3) is 0 Å². The lowest BCUT2D eigenvalue weighted by Gasteiger charge is -2.41. The Bertz CT molecular complexity index is 697. The number of aryl methyl sites for hydroxylation is 2. The topological polar surface area (TPSA) is 55.4 Å². The van der Waals surface area contributed by atoms with Gasteiger partial charge >= 0.3 is 0 Å². The molecule has 25 heavy (non-hydrogen) atoms. The highest BCUT2D eigenvalue weighted by molar-refractivity contribution is 6.30. The lowest BCUT2D eigenvalue weighted by Crippen LogP contribution is -2.52. The van der Waals surface area contributed by atoms with E-state index in [0.717, 1.165) is 29.5 Å². The van der Waals surface area contributed by atoms with Crippen LogP contribution in [0.3, 0.4) is 0 Å². The summed E-state index contributed by atoms with van der Waals surface area (Å²) in [7, 11) is 0. The first-order chi connectivity index (χ1) is 11.7. The molecule has 1 spiro atoms. The Hall–Kier alpha value is -1.39. The van der Waals surface area contributed by atoms with Gasteiger partial charge in [-0.2, -0.15) is 0 Å². The molecule has 0 radical (unpaired) electrons. The first-order valence-corrected chi connectivity index (χ1v) is 9.36. The summed E-state index contributed by atoms with van der Waals surface area (Å²) < 4.78 is 5.86. The predicted molar refractivity (Wildman–Crippen MR) is 98.0 cm³/mol. The largest absolute Gasteiger partial charge is 0.376 e. The monoisotopic (exact) mass is 363 g/mol. The minimum absolute atomic E-state index is 0.00423. The molecule has 1 unspecified atom stereocenters. The third-order valence-corrected chi connectivity index (χ3v) is 6.08. The van der Waals surface area contributed by atoms with Gasteiger partial charge in [-0.05, 0) is 82.2 Å². The molecular formula is C20H26ClNO3. The van der Waals surface area contributed by atoms with Gasteiger partial charge in [0.25, 0.3) is 0 Å². The van der Waals surface area contributed by atoms with Crippen molar-refractivity contribution in [2.24, 2.45) is 0 Å². The first kappa shape index (κ1) is 18.4. The Labute approximate surface area is 154 Å². The van der Waals surface area contributed by atoms with Gasteiger partial charge in [0.1, 0.15) is 5.92 Å². The van der Waals surface area contributed by atoms with Gasteiger partial charge < -0.3 is 10.1 Å². The van der Waals surface area contributed by atoms with Gasteiger partial charge in [0.15, 0.2) is 5.78 Å². The molecule has 1 aromatic rings. The fourth-order valence-electron chi connectivity index (χ4n) is 4.47. The van der Waals surface area contributed by atoms with Crippen LogP contribution in [0, 0.1) is 13.8 Å². The molecule has 2 fully saturated rings. The summed E-state index contributed by atoms with van der Waals surface area (Å²) in [6.45, 7) is 8.56. The summed E-state index contributed by atoms with van der Waals surface area (Å²) in [6.07, 6.45) is 2.82. The fourth-order valence-corrected chi connectivity index (χ4v) is 4.80. The zero-order valence-corrected chi connectivity index (χ0v) is 16.1. The van der Waals surface area contributed by atoms with Crippen molar-refractivity contribution in [1.82, 2.24) is 5.32 Å². The number of rotatable bonds is 3. The van der Waals surface area contributed by atoms with Crippen LogP contribution in [0.1, 0.15) is 62.1 Å². The van der Waals surface area contributed by atoms with Crippen LogP contribution in [0.4, 0.5) is 0 Å². The van der Waals surface area contributed by atoms with Crippen molar-refractivity contribution in [3.05, 3.63) is 33.8 Å². The SMILES string of the molecule is CCOC1(C)CCC2(CC1)NC(=O)C(c1c(C)cc(Cl)cc1C)C2=O. The maximum atomic E-state index is 13.3. The molecule has 1 aromatic carbocycles. The second-order valence-electron chi connectivity index (χ2n) is 7.70. The van der Waals surface area contributed by atoms with Gasteiger partial charge in [0, 0.05) is 11.6 Å². The maximum absolute atomic E-state index is 13.3. The minimum atomic E-state index is -0.739. The number of hydrogen-bond donors (Lipinski definition) is 1. The van der Waals surface area contributed by atoms with Crippen molar-refractivity contribution >= 4 is 23.3 Å². The highest BCUT2D eigenvalue weighted by atomic mass is 35.5. The standard InChI is InChI=1S/C20H26ClNO3/c1-5-25-19(4)6-8-20(9-7-19)17(23)16(18(24)22-20)15-12(2)10-14(21)11-13(15)3/h10-11,16H,5-9H2,1-4H3,(H,22,24). The molecule has 3 rings (SSSR count). The number of carbonyl (C=O) groups is 2. The van der Waals surface area contributed by atoms with Crippen LogP contribution >= 0.6 is 11.6 Å². The highest BCUT2D eigenvalue weighted by Crippen LogP contribution is 2.44. The number of carbonyl (C=O) groups excluding carboxylic acids is 2. The quantitative estimate of drug-likeness (QED) is 0.830. The average Bonchev–Trinajstić information content (AvgIpc) is 2.75. The summed E-state index contributed by atoms with van der Waals surface area (Å²) in [6, 6.07) is 3.64. The molecule has 1 amide bonds. The molecule has 0 aromatic heterocycles. The van der Waals surface area contributed by atoms with Gasteiger partial charge in [0.05, 0.1) is 11.1 Å². The van der Waals surface area contributed by atoms with Crippen LogP contribution < -0.4 is 5.32 Å².